The Morgan fingerprint density at radius 2 is 1.96 bits per heavy atom. The molecule has 1 N–H and O–H groups in total. The number of nitrogens with one attached hydrogen (secondary N) is 1. The van der Waals surface area contributed by atoms with E-state index in [9.17, 15) is 0 Å². The number of ether oxygens (including phenoxy) is 2. The average molecular weight is 316 g/mol. The second kappa shape index (κ2) is 7.53. The highest BCUT2D eigenvalue weighted by atomic mass is 16.5. The van der Waals surface area contributed by atoms with Gasteiger partial charge in [0.2, 0.25) is 0 Å². The molecule has 124 valence electrons. The molecule has 5 heteroatoms. The van der Waals surface area contributed by atoms with E-state index in [0.717, 1.165) is 37.7 Å². The van der Waals surface area contributed by atoms with Crippen molar-refractivity contribution in [3.8, 4) is 11.5 Å². The van der Waals surface area contributed by atoms with Gasteiger partial charge in [-0.15, -0.1) is 0 Å². The van der Waals surface area contributed by atoms with Crippen molar-refractivity contribution in [2.45, 2.75) is 25.6 Å². The van der Waals surface area contributed by atoms with Gasteiger partial charge < -0.3 is 19.2 Å². The number of nitrogens with zero attached hydrogens (tertiary/aromatic N) is 1. The van der Waals surface area contributed by atoms with E-state index in [-0.39, 0.29) is 0 Å². The van der Waals surface area contributed by atoms with Crippen LogP contribution in [0.15, 0.2) is 41.2 Å². The quantitative estimate of drug-likeness (QED) is 0.851. The molecule has 0 bridgehead atoms. The Morgan fingerprint density at radius 1 is 1.17 bits per heavy atom. The third kappa shape index (κ3) is 4.27. The van der Waals surface area contributed by atoms with Gasteiger partial charge in [0, 0.05) is 43.9 Å². The number of rotatable bonds is 7. The summed E-state index contributed by atoms with van der Waals surface area (Å²) in [5.74, 6) is 1.68. The van der Waals surface area contributed by atoms with E-state index >= 15 is 0 Å². The van der Waals surface area contributed by atoms with Crippen LogP contribution in [0.25, 0.3) is 0 Å². The highest BCUT2D eigenvalue weighted by Crippen LogP contribution is 2.24. The molecule has 0 amide bonds. The van der Waals surface area contributed by atoms with Crippen LogP contribution in [0.3, 0.4) is 0 Å². The van der Waals surface area contributed by atoms with Crippen molar-refractivity contribution < 1.29 is 13.9 Å². The van der Waals surface area contributed by atoms with Crippen LogP contribution in [0, 0.1) is 0 Å². The van der Waals surface area contributed by atoms with Crippen LogP contribution in [0.5, 0.6) is 11.5 Å². The molecule has 2 aromatic rings. The number of likely N-dealkylation sites (tertiary alicyclic amines) is 1. The molecule has 1 aromatic heterocycles. The number of methoxy groups -OCH3 is 2. The van der Waals surface area contributed by atoms with Gasteiger partial charge in [-0.05, 0) is 30.2 Å². The summed E-state index contributed by atoms with van der Waals surface area (Å²) in [5, 5.41) is 3.59. The van der Waals surface area contributed by atoms with Crippen molar-refractivity contribution in [1.29, 1.82) is 0 Å². The number of benzene rings is 1. The molecule has 0 aliphatic carbocycles. The summed E-state index contributed by atoms with van der Waals surface area (Å²) in [6.07, 6.45) is 4.68. The van der Waals surface area contributed by atoms with Crippen LogP contribution in [0.1, 0.15) is 17.5 Å². The second-order valence-corrected chi connectivity index (χ2v) is 5.95. The van der Waals surface area contributed by atoms with Gasteiger partial charge in [0.1, 0.15) is 11.5 Å². The maximum absolute atomic E-state index is 5.34. The predicted octanol–water partition coefficient (Wildman–Crippen LogP) is 2.66. The minimum Gasteiger partial charge on any atom is -0.497 e. The Labute approximate surface area is 137 Å². The molecular weight excluding hydrogens is 292 g/mol. The zero-order valence-corrected chi connectivity index (χ0v) is 13.7. The van der Waals surface area contributed by atoms with E-state index in [1.54, 1.807) is 26.7 Å². The van der Waals surface area contributed by atoms with Crippen molar-refractivity contribution in [1.82, 2.24) is 10.2 Å². The van der Waals surface area contributed by atoms with Crippen molar-refractivity contribution in [3.05, 3.63) is 47.9 Å². The largest absolute Gasteiger partial charge is 0.497 e. The summed E-state index contributed by atoms with van der Waals surface area (Å²) in [6.45, 7) is 3.93. The highest BCUT2D eigenvalue weighted by Gasteiger charge is 2.22. The lowest BCUT2D eigenvalue weighted by Gasteiger charge is -2.17. The van der Waals surface area contributed by atoms with Gasteiger partial charge in [-0.1, -0.05) is 0 Å². The maximum Gasteiger partial charge on any atom is 0.122 e. The molecule has 0 radical (unpaired) electrons. The smallest absolute Gasteiger partial charge is 0.122 e. The van der Waals surface area contributed by atoms with Crippen LogP contribution in [-0.4, -0.2) is 38.3 Å². The Kier molecular flexibility index (Phi) is 5.20. The van der Waals surface area contributed by atoms with E-state index in [4.69, 9.17) is 13.9 Å². The lowest BCUT2D eigenvalue weighted by molar-refractivity contribution is 0.317. The fraction of sp³-hybridized carbons (Fsp3) is 0.444. The second-order valence-electron chi connectivity index (χ2n) is 5.95. The van der Waals surface area contributed by atoms with Gasteiger partial charge >= 0.3 is 0 Å². The minimum atomic E-state index is 0.525. The first-order chi connectivity index (χ1) is 11.3. The first-order valence-corrected chi connectivity index (χ1v) is 7.95. The van der Waals surface area contributed by atoms with Gasteiger partial charge in [0.15, 0.2) is 0 Å². The molecule has 0 saturated carbocycles. The fourth-order valence-electron chi connectivity index (χ4n) is 3.01. The van der Waals surface area contributed by atoms with Crippen molar-refractivity contribution >= 4 is 0 Å². The van der Waals surface area contributed by atoms with E-state index < -0.39 is 0 Å². The summed E-state index contributed by atoms with van der Waals surface area (Å²) >= 11 is 0. The Hall–Kier alpha value is -1.98. The van der Waals surface area contributed by atoms with Gasteiger partial charge in [-0.25, -0.2) is 0 Å². The normalized spacial score (nSPS) is 18.3. The maximum atomic E-state index is 5.34. The lowest BCUT2D eigenvalue weighted by Crippen LogP contribution is -2.31. The first-order valence-electron chi connectivity index (χ1n) is 7.95. The van der Waals surface area contributed by atoms with Gasteiger partial charge in [-0.3, -0.25) is 4.90 Å². The van der Waals surface area contributed by atoms with Crippen molar-refractivity contribution in [3.63, 3.8) is 0 Å². The molecule has 0 spiro atoms. The number of furan rings is 1. The Morgan fingerprint density at radius 3 is 2.61 bits per heavy atom. The van der Waals surface area contributed by atoms with Crippen LogP contribution in [-0.2, 0) is 13.1 Å². The first kappa shape index (κ1) is 15.9. The zero-order chi connectivity index (χ0) is 16.1. The molecule has 1 aliphatic heterocycles. The monoisotopic (exact) mass is 316 g/mol. The molecule has 1 aromatic carbocycles. The molecule has 23 heavy (non-hydrogen) atoms. The van der Waals surface area contributed by atoms with Crippen LogP contribution < -0.4 is 14.8 Å². The van der Waals surface area contributed by atoms with Gasteiger partial charge in [0.25, 0.3) is 0 Å². The topological polar surface area (TPSA) is 46.9 Å². The average Bonchev–Trinajstić information content (AvgIpc) is 3.24. The lowest BCUT2D eigenvalue weighted by atomic mass is 10.2. The summed E-state index contributed by atoms with van der Waals surface area (Å²) < 4.78 is 15.8. The van der Waals surface area contributed by atoms with Crippen LogP contribution in [0.4, 0.5) is 0 Å². The predicted molar refractivity (Wildman–Crippen MR) is 88.8 cm³/mol. The summed E-state index contributed by atoms with van der Waals surface area (Å²) in [6, 6.07) is 8.59. The molecular formula is C18H24N2O3. The van der Waals surface area contributed by atoms with Crippen LogP contribution >= 0.6 is 0 Å². The number of hydrogen-bond acceptors (Lipinski definition) is 5. The summed E-state index contributed by atoms with van der Waals surface area (Å²) in [4.78, 5) is 2.46. The SMILES string of the molecule is COc1cc(CN2CC[C@@H](NCc3ccoc3)C2)cc(OC)c1. The molecule has 1 saturated heterocycles. The fourth-order valence-corrected chi connectivity index (χ4v) is 3.01. The van der Waals surface area contributed by atoms with E-state index in [1.165, 1.54) is 17.5 Å². The highest BCUT2D eigenvalue weighted by molar-refractivity contribution is 5.38. The van der Waals surface area contributed by atoms with Crippen LogP contribution in [0.2, 0.25) is 0 Å². The standard InChI is InChI=1S/C18H24N2O3/c1-21-17-7-15(8-18(9-17)22-2)11-20-5-3-16(12-20)19-10-14-4-6-23-13-14/h4,6-9,13,16,19H,3,5,10-12H2,1-2H3/t16-/m1/s1. The molecule has 2 heterocycles. The van der Waals surface area contributed by atoms with E-state index in [1.807, 2.05) is 12.1 Å². The minimum absolute atomic E-state index is 0.525. The third-order valence-corrected chi connectivity index (χ3v) is 4.26. The molecule has 5 nitrogen and oxygen atoms in total. The van der Waals surface area contributed by atoms with E-state index in [0.29, 0.717) is 6.04 Å². The van der Waals surface area contributed by atoms with Gasteiger partial charge in [-0.2, -0.15) is 0 Å². The zero-order valence-electron chi connectivity index (χ0n) is 13.7. The van der Waals surface area contributed by atoms with Crippen molar-refractivity contribution in [2.24, 2.45) is 0 Å². The molecule has 1 aliphatic rings. The Bertz CT molecular complexity index is 590. The van der Waals surface area contributed by atoms with Gasteiger partial charge in [0.05, 0.1) is 26.7 Å². The Balaban J connectivity index is 1.53. The summed E-state index contributed by atoms with van der Waals surface area (Å²) in [7, 11) is 3.37. The molecule has 1 atom stereocenters. The molecule has 0 unspecified atom stereocenters. The third-order valence-electron chi connectivity index (χ3n) is 4.26. The summed E-state index contributed by atoms with van der Waals surface area (Å²) in [5.41, 5.74) is 2.41. The molecule has 1 fully saturated rings. The van der Waals surface area contributed by atoms with E-state index in [2.05, 4.69) is 22.3 Å². The molecule has 3 rings (SSSR count). The number of hydrogen-bond donors (Lipinski definition) is 1. The van der Waals surface area contributed by atoms with Crippen molar-refractivity contribution in [2.75, 3.05) is 27.3 Å².